The van der Waals surface area contributed by atoms with E-state index in [4.69, 9.17) is 11.6 Å². The first kappa shape index (κ1) is 14.4. The number of halogens is 2. The molecular weight excluding hydrogens is 283 g/mol. The van der Waals surface area contributed by atoms with Gasteiger partial charge in [0, 0.05) is 15.7 Å². The van der Waals surface area contributed by atoms with Crippen LogP contribution in [0.5, 0.6) is 0 Å². The minimum absolute atomic E-state index is 0.319. The van der Waals surface area contributed by atoms with E-state index >= 15 is 0 Å². The fraction of sp³-hybridized carbons (Fsp3) is 0.200. The van der Waals surface area contributed by atoms with Crippen LogP contribution in [-0.4, -0.2) is 5.11 Å². The van der Waals surface area contributed by atoms with Crippen molar-refractivity contribution in [2.24, 2.45) is 0 Å². The lowest BCUT2D eigenvalue weighted by Crippen LogP contribution is -1.90. The Kier molecular flexibility index (Phi) is 4.86. The van der Waals surface area contributed by atoms with Crippen LogP contribution < -0.4 is 0 Å². The number of hydrogen-bond acceptors (Lipinski definition) is 2. The number of aliphatic hydroxyl groups excluding tert-OH is 1. The van der Waals surface area contributed by atoms with Gasteiger partial charge in [0.05, 0.1) is 6.10 Å². The highest BCUT2D eigenvalue weighted by molar-refractivity contribution is 7.98. The molecule has 100 valence electrons. The molecular formula is C15H14ClFOS. The summed E-state index contributed by atoms with van der Waals surface area (Å²) >= 11 is 7.60. The zero-order valence-corrected chi connectivity index (χ0v) is 12.0. The van der Waals surface area contributed by atoms with Crippen molar-refractivity contribution in [3.63, 3.8) is 0 Å². The van der Waals surface area contributed by atoms with E-state index in [2.05, 4.69) is 0 Å². The van der Waals surface area contributed by atoms with Gasteiger partial charge in [-0.25, -0.2) is 4.39 Å². The van der Waals surface area contributed by atoms with Gasteiger partial charge in [-0.1, -0.05) is 29.8 Å². The van der Waals surface area contributed by atoms with Crippen LogP contribution in [-0.2, 0) is 5.75 Å². The van der Waals surface area contributed by atoms with Crippen molar-refractivity contribution in [3.8, 4) is 0 Å². The van der Waals surface area contributed by atoms with Gasteiger partial charge in [-0.2, -0.15) is 0 Å². The summed E-state index contributed by atoms with van der Waals surface area (Å²) in [4.78, 5) is 1.09. The van der Waals surface area contributed by atoms with Crippen LogP contribution in [0.3, 0.4) is 0 Å². The third-order valence-corrected chi connectivity index (χ3v) is 4.18. The molecule has 2 aromatic carbocycles. The molecule has 0 aliphatic carbocycles. The van der Waals surface area contributed by atoms with Crippen LogP contribution in [0.2, 0.25) is 5.02 Å². The highest BCUT2D eigenvalue weighted by Gasteiger charge is 2.04. The summed E-state index contributed by atoms with van der Waals surface area (Å²) in [7, 11) is 0. The summed E-state index contributed by atoms with van der Waals surface area (Å²) in [5, 5.41) is 9.88. The van der Waals surface area contributed by atoms with Gasteiger partial charge in [0.15, 0.2) is 0 Å². The lowest BCUT2D eigenvalue weighted by Gasteiger charge is -2.07. The Labute approximate surface area is 121 Å². The highest BCUT2D eigenvalue weighted by Crippen LogP contribution is 2.28. The van der Waals surface area contributed by atoms with Gasteiger partial charge in [0.1, 0.15) is 5.82 Å². The van der Waals surface area contributed by atoms with Crippen LogP contribution in [0.1, 0.15) is 24.2 Å². The summed E-state index contributed by atoms with van der Waals surface area (Å²) in [6.07, 6.45) is -0.453. The largest absolute Gasteiger partial charge is 0.389 e. The minimum Gasteiger partial charge on any atom is -0.389 e. The maximum absolute atomic E-state index is 12.9. The van der Waals surface area contributed by atoms with Gasteiger partial charge in [0.25, 0.3) is 0 Å². The molecule has 0 amide bonds. The van der Waals surface area contributed by atoms with Gasteiger partial charge in [-0.15, -0.1) is 11.8 Å². The molecule has 0 bridgehead atoms. The van der Waals surface area contributed by atoms with Crippen LogP contribution >= 0.6 is 23.4 Å². The SMILES string of the molecule is CC(O)c1ccc(SCc2ccc(F)cc2Cl)cc1. The lowest BCUT2D eigenvalue weighted by atomic mass is 10.1. The van der Waals surface area contributed by atoms with Crippen molar-refractivity contribution in [2.45, 2.75) is 23.7 Å². The van der Waals surface area contributed by atoms with Gasteiger partial charge < -0.3 is 5.11 Å². The van der Waals surface area contributed by atoms with Crippen molar-refractivity contribution >= 4 is 23.4 Å². The van der Waals surface area contributed by atoms with Gasteiger partial charge in [-0.3, -0.25) is 0 Å². The number of rotatable bonds is 4. The molecule has 2 aromatic rings. The maximum atomic E-state index is 12.9. The third-order valence-electron chi connectivity index (χ3n) is 2.77. The number of hydrogen-bond donors (Lipinski definition) is 1. The van der Waals surface area contributed by atoms with E-state index in [9.17, 15) is 9.50 Å². The predicted molar refractivity (Wildman–Crippen MR) is 78.0 cm³/mol. The molecule has 0 aromatic heterocycles. The molecule has 0 heterocycles. The average molecular weight is 297 g/mol. The fourth-order valence-corrected chi connectivity index (χ4v) is 2.86. The Morgan fingerprint density at radius 3 is 2.47 bits per heavy atom. The normalized spacial score (nSPS) is 12.4. The van der Waals surface area contributed by atoms with Crippen LogP contribution in [0.15, 0.2) is 47.4 Å². The smallest absolute Gasteiger partial charge is 0.124 e. The standard InChI is InChI=1S/C15H14ClFOS/c1-10(18)11-3-6-14(7-4-11)19-9-12-2-5-13(17)8-15(12)16/h2-8,10,18H,9H2,1H3. The zero-order chi connectivity index (χ0) is 13.8. The lowest BCUT2D eigenvalue weighted by molar-refractivity contribution is 0.199. The first-order valence-corrected chi connectivity index (χ1v) is 7.27. The Morgan fingerprint density at radius 2 is 1.89 bits per heavy atom. The van der Waals surface area contributed by atoms with Crippen LogP contribution in [0, 0.1) is 5.82 Å². The van der Waals surface area contributed by atoms with Crippen molar-refractivity contribution in [3.05, 3.63) is 64.4 Å². The van der Waals surface area contributed by atoms with E-state index in [1.54, 1.807) is 24.8 Å². The summed E-state index contributed by atoms with van der Waals surface area (Å²) in [5.74, 6) is 0.368. The zero-order valence-electron chi connectivity index (χ0n) is 10.4. The molecule has 0 spiro atoms. The number of aliphatic hydroxyl groups is 1. The first-order valence-electron chi connectivity index (χ1n) is 5.91. The van der Waals surface area contributed by atoms with E-state index in [1.165, 1.54) is 12.1 Å². The summed E-state index contributed by atoms with van der Waals surface area (Å²) < 4.78 is 12.9. The molecule has 4 heteroatoms. The van der Waals surface area contributed by atoms with Crippen LogP contribution in [0.25, 0.3) is 0 Å². The number of thioether (sulfide) groups is 1. The second-order valence-electron chi connectivity index (χ2n) is 4.27. The van der Waals surface area contributed by atoms with Gasteiger partial charge in [-0.05, 0) is 42.3 Å². The third kappa shape index (κ3) is 3.96. The molecule has 19 heavy (non-hydrogen) atoms. The molecule has 0 saturated carbocycles. The van der Waals surface area contributed by atoms with E-state index in [0.717, 1.165) is 16.0 Å². The Hall–Kier alpha value is -1.03. The van der Waals surface area contributed by atoms with Gasteiger partial charge >= 0.3 is 0 Å². The summed E-state index contributed by atoms with van der Waals surface area (Å²) in [5.41, 5.74) is 1.80. The Balaban J connectivity index is 2.02. The highest BCUT2D eigenvalue weighted by atomic mass is 35.5. The molecule has 2 rings (SSSR count). The summed E-state index contributed by atoms with van der Waals surface area (Å²) in [6.45, 7) is 1.74. The predicted octanol–water partition coefficient (Wildman–Crippen LogP) is 4.82. The Bertz CT molecular complexity index is 555. The fourth-order valence-electron chi connectivity index (χ4n) is 1.64. The first-order chi connectivity index (χ1) is 9.06. The summed E-state index contributed by atoms with van der Waals surface area (Å²) in [6, 6.07) is 12.2. The molecule has 0 saturated heterocycles. The van der Waals surface area contributed by atoms with Crippen molar-refractivity contribution in [2.75, 3.05) is 0 Å². The quantitative estimate of drug-likeness (QED) is 0.816. The maximum Gasteiger partial charge on any atom is 0.124 e. The topological polar surface area (TPSA) is 20.2 Å². The molecule has 0 aliphatic heterocycles. The average Bonchev–Trinajstić information content (AvgIpc) is 2.38. The molecule has 0 aliphatic rings. The van der Waals surface area contributed by atoms with Crippen molar-refractivity contribution in [1.29, 1.82) is 0 Å². The molecule has 1 atom stereocenters. The minimum atomic E-state index is -0.453. The van der Waals surface area contributed by atoms with Crippen molar-refractivity contribution in [1.82, 2.24) is 0 Å². The molecule has 1 nitrogen and oxygen atoms in total. The molecule has 0 fully saturated rings. The molecule has 0 radical (unpaired) electrons. The second kappa shape index (κ2) is 6.42. The van der Waals surface area contributed by atoms with Crippen LogP contribution in [0.4, 0.5) is 4.39 Å². The van der Waals surface area contributed by atoms with E-state index < -0.39 is 6.10 Å². The molecule has 1 N–H and O–H groups in total. The molecule has 1 unspecified atom stereocenters. The van der Waals surface area contributed by atoms with E-state index in [-0.39, 0.29) is 5.82 Å². The second-order valence-corrected chi connectivity index (χ2v) is 5.73. The van der Waals surface area contributed by atoms with E-state index in [0.29, 0.717) is 10.8 Å². The monoisotopic (exact) mass is 296 g/mol. The Morgan fingerprint density at radius 1 is 1.21 bits per heavy atom. The van der Waals surface area contributed by atoms with Crippen molar-refractivity contribution < 1.29 is 9.50 Å². The van der Waals surface area contributed by atoms with Gasteiger partial charge in [0.2, 0.25) is 0 Å². The van der Waals surface area contributed by atoms with E-state index in [1.807, 2.05) is 24.3 Å². The number of benzene rings is 2.